The summed E-state index contributed by atoms with van der Waals surface area (Å²) in [5, 5.41) is 13.9. The van der Waals surface area contributed by atoms with Gasteiger partial charge in [-0.1, -0.05) is 19.9 Å². The average molecular weight is 358 g/mol. The van der Waals surface area contributed by atoms with Crippen molar-refractivity contribution >= 4 is 23.3 Å². The Kier molecular flexibility index (Phi) is 5.90. The quantitative estimate of drug-likeness (QED) is 0.367. The number of para-hydroxylation sites is 1. The molecule has 0 radical (unpaired) electrons. The molecule has 0 aliphatic carbocycles. The Labute approximate surface area is 149 Å². The third-order valence-corrected chi connectivity index (χ3v) is 3.48. The van der Waals surface area contributed by atoms with E-state index in [1.807, 2.05) is 0 Å². The number of hydrogen-bond acceptors (Lipinski definition) is 6. The monoisotopic (exact) mass is 358 g/mol. The minimum absolute atomic E-state index is 0.00737. The Hall–Kier alpha value is -3.42. The van der Waals surface area contributed by atoms with Gasteiger partial charge in [0.25, 0.3) is 0 Å². The van der Waals surface area contributed by atoms with Gasteiger partial charge in [-0.3, -0.25) is 14.9 Å². The summed E-state index contributed by atoms with van der Waals surface area (Å²) in [7, 11) is 1.29. The van der Waals surface area contributed by atoms with Crippen molar-refractivity contribution in [2.24, 2.45) is 5.92 Å². The standard InChI is InChI=1S/C18H18N2O6/c1-11(2)17(21)19-13-9-7-12(8-10-13)18(22)26-15-6-4-5-14(25-3)16(15)20(23)24/h4-11H,1-3H3,(H,19,21). The van der Waals surface area contributed by atoms with Crippen LogP contribution in [0.4, 0.5) is 11.4 Å². The van der Waals surface area contributed by atoms with Gasteiger partial charge in [-0.2, -0.15) is 0 Å². The van der Waals surface area contributed by atoms with E-state index in [-0.39, 0.29) is 28.9 Å². The summed E-state index contributed by atoms with van der Waals surface area (Å²) < 4.78 is 10.1. The van der Waals surface area contributed by atoms with Crippen LogP contribution in [-0.2, 0) is 4.79 Å². The number of nitro benzene ring substituents is 1. The number of ether oxygens (including phenoxy) is 2. The highest BCUT2D eigenvalue weighted by atomic mass is 16.6. The zero-order chi connectivity index (χ0) is 19.3. The van der Waals surface area contributed by atoms with E-state index in [0.717, 1.165) is 0 Å². The zero-order valence-corrected chi connectivity index (χ0v) is 14.5. The summed E-state index contributed by atoms with van der Waals surface area (Å²) >= 11 is 0. The summed E-state index contributed by atoms with van der Waals surface area (Å²) in [6.45, 7) is 3.53. The minimum Gasteiger partial charge on any atom is -0.490 e. The van der Waals surface area contributed by atoms with E-state index in [1.165, 1.54) is 37.4 Å². The van der Waals surface area contributed by atoms with Gasteiger partial charge in [-0.15, -0.1) is 0 Å². The number of nitrogens with zero attached hydrogens (tertiary/aromatic N) is 1. The summed E-state index contributed by atoms with van der Waals surface area (Å²) in [6.07, 6.45) is 0. The first kappa shape index (κ1) is 18.9. The maximum absolute atomic E-state index is 12.3. The number of esters is 1. The fourth-order valence-corrected chi connectivity index (χ4v) is 2.06. The van der Waals surface area contributed by atoms with E-state index in [2.05, 4.69) is 5.32 Å². The smallest absolute Gasteiger partial charge is 0.353 e. The normalized spacial score (nSPS) is 10.3. The lowest BCUT2D eigenvalue weighted by Crippen LogP contribution is -2.17. The highest BCUT2D eigenvalue weighted by molar-refractivity contribution is 5.94. The highest BCUT2D eigenvalue weighted by Crippen LogP contribution is 2.36. The second kappa shape index (κ2) is 8.11. The number of nitro groups is 1. The third-order valence-electron chi connectivity index (χ3n) is 3.48. The molecule has 2 aromatic rings. The van der Waals surface area contributed by atoms with Crippen molar-refractivity contribution in [2.75, 3.05) is 12.4 Å². The molecule has 0 heterocycles. The molecule has 136 valence electrons. The number of amides is 1. The molecule has 8 nitrogen and oxygen atoms in total. The molecule has 0 unspecified atom stereocenters. The van der Waals surface area contributed by atoms with Gasteiger partial charge in [0, 0.05) is 11.6 Å². The van der Waals surface area contributed by atoms with E-state index in [9.17, 15) is 19.7 Å². The van der Waals surface area contributed by atoms with Gasteiger partial charge in [-0.25, -0.2) is 4.79 Å². The Bertz CT molecular complexity index is 830. The number of anilines is 1. The lowest BCUT2D eigenvalue weighted by Gasteiger charge is -2.09. The number of hydrogen-bond donors (Lipinski definition) is 1. The van der Waals surface area contributed by atoms with Crippen LogP contribution in [0.25, 0.3) is 0 Å². The highest BCUT2D eigenvalue weighted by Gasteiger charge is 2.24. The van der Waals surface area contributed by atoms with Crippen molar-refractivity contribution in [2.45, 2.75) is 13.8 Å². The Morgan fingerprint density at radius 3 is 2.23 bits per heavy atom. The van der Waals surface area contributed by atoms with E-state index < -0.39 is 16.6 Å². The van der Waals surface area contributed by atoms with Crippen molar-refractivity contribution in [1.82, 2.24) is 0 Å². The molecule has 26 heavy (non-hydrogen) atoms. The molecular weight excluding hydrogens is 340 g/mol. The fraction of sp³-hybridized carbons (Fsp3) is 0.222. The van der Waals surface area contributed by atoms with Crippen molar-refractivity contribution in [1.29, 1.82) is 0 Å². The van der Waals surface area contributed by atoms with Gasteiger partial charge in [0.2, 0.25) is 17.4 Å². The van der Waals surface area contributed by atoms with Crippen molar-refractivity contribution in [3.8, 4) is 11.5 Å². The van der Waals surface area contributed by atoms with Crippen LogP contribution >= 0.6 is 0 Å². The molecule has 0 bridgehead atoms. The summed E-state index contributed by atoms with van der Waals surface area (Å²) in [5.74, 6) is -1.30. The minimum atomic E-state index is -0.761. The molecule has 2 aromatic carbocycles. The summed E-state index contributed by atoms with van der Waals surface area (Å²) in [4.78, 5) is 34.5. The molecule has 2 rings (SSSR count). The summed E-state index contributed by atoms with van der Waals surface area (Å²) in [5.41, 5.74) is 0.293. The Morgan fingerprint density at radius 1 is 1.08 bits per heavy atom. The number of rotatable bonds is 6. The molecule has 0 saturated carbocycles. The van der Waals surface area contributed by atoms with Gasteiger partial charge in [0.1, 0.15) is 0 Å². The number of methoxy groups -OCH3 is 1. The molecule has 1 N–H and O–H groups in total. The molecule has 0 spiro atoms. The SMILES string of the molecule is COc1cccc(OC(=O)c2ccc(NC(=O)C(C)C)cc2)c1[N+](=O)[O-]. The van der Waals surface area contributed by atoms with Gasteiger partial charge >= 0.3 is 11.7 Å². The number of benzene rings is 2. The van der Waals surface area contributed by atoms with E-state index in [4.69, 9.17) is 9.47 Å². The predicted molar refractivity (Wildman–Crippen MR) is 94.5 cm³/mol. The van der Waals surface area contributed by atoms with Gasteiger partial charge in [-0.05, 0) is 36.4 Å². The van der Waals surface area contributed by atoms with Crippen molar-refractivity contribution < 1.29 is 24.0 Å². The van der Waals surface area contributed by atoms with Crippen molar-refractivity contribution in [3.05, 3.63) is 58.1 Å². The van der Waals surface area contributed by atoms with Crippen LogP contribution < -0.4 is 14.8 Å². The molecular formula is C18H18N2O6. The van der Waals surface area contributed by atoms with Crippen LogP contribution in [0, 0.1) is 16.0 Å². The summed E-state index contributed by atoms with van der Waals surface area (Å²) in [6, 6.07) is 10.2. The van der Waals surface area contributed by atoms with Crippen LogP contribution in [0.5, 0.6) is 11.5 Å². The predicted octanol–water partition coefficient (Wildman–Crippen LogP) is 3.42. The van der Waals surface area contributed by atoms with Crippen LogP contribution in [0.1, 0.15) is 24.2 Å². The first-order valence-electron chi connectivity index (χ1n) is 7.78. The second-order valence-corrected chi connectivity index (χ2v) is 5.67. The Morgan fingerprint density at radius 2 is 1.69 bits per heavy atom. The van der Waals surface area contributed by atoms with E-state index >= 15 is 0 Å². The maximum atomic E-state index is 12.3. The van der Waals surface area contributed by atoms with Crippen molar-refractivity contribution in [3.63, 3.8) is 0 Å². The molecule has 8 heteroatoms. The van der Waals surface area contributed by atoms with E-state index in [0.29, 0.717) is 5.69 Å². The largest absolute Gasteiger partial charge is 0.490 e. The Balaban J connectivity index is 2.18. The third kappa shape index (κ3) is 4.35. The second-order valence-electron chi connectivity index (χ2n) is 5.67. The molecule has 0 aliphatic heterocycles. The lowest BCUT2D eigenvalue weighted by atomic mass is 10.1. The molecule has 1 amide bonds. The zero-order valence-electron chi connectivity index (χ0n) is 14.5. The van der Waals surface area contributed by atoms with Gasteiger partial charge < -0.3 is 14.8 Å². The molecule has 0 aromatic heterocycles. The van der Waals surface area contributed by atoms with Gasteiger partial charge in [0.05, 0.1) is 17.6 Å². The fourth-order valence-electron chi connectivity index (χ4n) is 2.06. The first-order valence-corrected chi connectivity index (χ1v) is 7.78. The van der Waals surface area contributed by atoms with E-state index in [1.54, 1.807) is 26.0 Å². The average Bonchev–Trinajstić information content (AvgIpc) is 2.61. The number of nitrogens with one attached hydrogen (secondary N) is 1. The first-order chi connectivity index (χ1) is 12.3. The van der Waals surface area contributed by atoms with Crippen LogP contribution in [0.2, 0.25) is 0 Å². The molecule has 0 fully saturated rings. The molecule has 0 atom stereocenters. The number of carbonyl (C=O) groups excluding carboxylic acids is 2. The molecule has 0 saturated heterocycles. The number of carbonyl (C=O) groups is 2. The maximum Gasteiger partial charge on any atom is 0.353 e. The van der Waals surface area contributed by atoms with Crippen LogP contribution in [0.3, 0.4) is 0 Å². The molecule has 0 aliphatic rings. The van der Waals surface area contributed by atoms with Crippen LogP contribution in [-0.4, -0.2) is 23.9 Å². The van der Waals surface area contributed by atoms with Crippen LogP contribution in [0.15, 0.2) is 42.5 Å². The lowest BCUT2D eigenvalue weighted by molar-refractivity contribution is -0.386. The van der Waals surface area contributed by atoms with Gasteiger partial charge in [0.15, 0.2) is 0 Å². The topological polar surface area (TPSA) is 108 Å².